The number of hydrogen-bond donors (Lipinski definition) is 2. The highest BCUT2D eigenvalue weighted by Crippen LogP contribution is 2.16. The molecule has 0 bridgehead atoms. The fourth-order valence-corrected chi connectivity index (χ4v) is 1.92. The Hall–Kier alpha value is -3.33. The summed E-state index contributed by atoms with van der Waals surface area (Å²) in [7, 11) is 1.57. The van der Waals surface area contributed by atoms with Gasteiger partial charge in [-0.2, -0.15) is 10.4 Å². The summed E-state index contributed by atoms with van der Waals surface area (Å²) in [6.07, 6.45) is 0. The van der Waals surface area contributed by atoms with Gasteiger partial charge in [-0.05, 0) is 61.4 Å². The van der Waals surface area contributed by atoms with E-state index in [2.05, 4.69) is 15.8 Å². The normalized spacial score (nSPS) is 10.7. The van der Waals surface area contributed by atoms with Gasteiger partial charge in [0.05, 0.1) is 12.8 Å². The molecule has 6 nitrogen and oxygen atoms in total. The minimum Gasteiger partial charge on any atom is -0.497 e. The van der Waals surface area contributed by atoms with E-state index in [1.54, 1.807) is 43.5 Å². The van der Waals surface area contributed by atoms with Gasteiger partial charge in [0.1, 0.15) is 11.8 Å². The molecule has 0 saturated carbocycles. The van der Waals surface area contributed by atoms with Gasteiger partial charge in [-0.25, -0.2) is 0 Å². The van der Waals surface area contributed by atoms with Crippen molar-refractivity contribution in [2.24, 2.45) is 5.10 Å². The molecule has 0 atom stereocenters. The Bertz CT molecular complexity index is 805. The number of anilines is 2. The van der Waals surface area contributed by atoms with Crippen molar-refractivity contribution in [2.45, 2.75) is 13.8 Å². The summed E-state index contributed by atoms with van der Waals surface area (Å²) < 4.78 is 5.06. The zero-order chi connectivity index (χ0) is 17.5. The average molecular weight is 322 g/mol. The molecule has 0 radical (unpaired) electrons. The van der Waals surface area contributed by atoms with Crippen LogP contribution in [0.15, 0.2) is 47.6 Å². The summed E-state index contributed by atoms with van der Waals surface area (Å²) >= 11 is 0. The summed E-state index contributed by atoms with van der Waals surface area (Å²) in [6.45, 7) is 3.94. The number of nitriles is 1. The van der Waals surface area contributed by atoms with Gasteiger partial charge in [-0.1, -0.05) is 6.07 Å². The molecule has 2 aromatic carbocycles. The highest BCUT2D eigenvalue weighted by Gasteiger charge is 2.11. The number of hydrogen-bond acceptors (Lipinski definition) is 5. The zero-order valence-electron chi connectivity index (χ0n) is 13.8. The number of benzene rings is 2. The third-order valence-corrected chi connectivity index (χ3v) is 3.47. The number of nitrogens with one attached hydrogen (secondary N) is 2. The van der Waals surface area contributed by atoms with Crippen molar-refractivity contribution in [1.29, 1.82) is 5.26 Å². The summed E-state index contributed by atoms with van der Waals surface area (Å²) in [5.41, 5.74) is 5.87. The number of aryl methyl sites for hydroxylation is 2. The Labute approximate surface area is 140 Å². The number of methoxy groups -OCH3 is 1. The lowest BCUT2D eigenvalue weighted by Crippen LogP contribution is -2.22. The molecule has 0 fully saturated rings. The van der Waals surface area contributed by atoms with Crippen molar-refractivity contribution >= 4 is 23.0 Å². The Morgan fingerprint density at radius 1 is 1.08 bits per heavy atom. The predicted octanol–water partition coefficient (Wildman–Crippen LogP) is 3.24. The van der Waals surface area contributed by atoms with Crippen LogP contribution >= 0.6 is 0 Å². The van der Waals surface area contributed by atoms with Gasteiger partial charge in [0.25, 0.3) is 5.91 Å². The molecule has 1 amide bonds. The van der Waals surface area contributed by atoms with Crippen LogP contribution in [0.1, 0.15) is 11.1 Å². The lowest BCUT2D eigenvalue weighted by atomic mass is 10.1. The SMILES string of the molecule is COc1ccc(N/N=C(\C#N)C(=O)Nc2ccc(C)c(C)c2)cc1. The van der Waals surface area contributed by atoms with E-state index in [9.17, 15) is 4.79 Å². The number of carbonyl (C=O) groups excluding carboxylic acids is 1. The van der Waals surface area contributed by atoms with Crippen molar-refractivity contribution in [2.75, 3.05) is 17.9 Å². The predicted molar refractivity (Wildman–Crippen MR) is 94.2 cm³/mol. The Kier molecular flexibility index (Phi) is 5.53. The molecule has 122 valence electrons. The van der Waals surface area contributed by atoms with Crippen molar-refractivity contribution in [1.82, 2.24) is 0 Å². The molecule has 2 rings (SSSR count). The molecule has 0 aliphatic carbocycles. The monoisotopic (exact) mass is 322 g/mol. The molecule has 0 heterocycles. The second-order valence-corrected chi connectivity index (χ2v) is 5.17. The van der Waals surface area contributed by atoms with Crippen LogP contribution in [0.25, 0.3) is 0 Å². The van der Waals surface area contributed by atoms with Crippen molar-refractivity contribution < 1.29 is 9.53 Å². The first-order valence-electron chi connectivity index (χ1n) is 7.30. The van der Waals surface area contributed by atoms with E-state index in [1.807, 2.05) is 26.0 Å². The lowest BCUT2D eigenvalue weighted by molar-refractivity contribution is -0.110. The molecule has 0 saturated heterocycles. The number of ether oxygens (including phenoxy) is 1. The quantitative estimate of drug-likeness (QED) is 0.653. The Morgan fingerprint density at radius 3 is 2.33 bits per heavy atom. The van der Waals surface area contributed by atoms with Crippen LogP contribution in [0.4, 0.5) is 11.4 Å². The Balaban J connectivity index is 2.07. The van der Waals surface area contributed by atoms with E-state index in [0.717, 1.165) is 11.1 Å². The maximum absolute atomic E-state index is 12.1. The fourth-order valence-electron chi connectivity index (χ4n) is 1.92. The smallest absolute Gasteiger partial charge is 0.287 e. The molecule has 24 heavy (non-hydrogen) atoms. The summed E-state index contributed by atoms with van der Waals surface area (Å²) in [6, 6.07) is 14.3. The van der Waals surface area contributed by atoms with E-state index in [4.69, 9.17) is 10.00 Å². The maximum atomic E-state index is 12.1. The third-order valence-electron chi connectivity index (χ3n) is 3.47. The van der Waals surface area contributed by atoms with Crippen LogP contribution in [-0.2, 0) is 4.79 Å². The minimum atomic E-state index is -0.568. The fraction of sp³-hybridized carbons (Fsp3) is 0.167. The van der Waals surface area contributed by atoms with Gasteiger partial charge in [0.15, 0.2) is 0 Å². The summed E-state index contributed by atoms with van der Waals surface area (Å²) in [4.78, 5) is 12.1. The average Bonchev–Trinajstić information content (AvgIpc) is 2.59. The molecular formula is C18H18N4O2. The molecule has 0 aliphatic rings. The largest absolute Gasteiger partial charge is 0.497 e. The van der Waals surface area contributed by atoms with Crippen molar-refractivity contribution in [3.63, 3.8) is 0 Å². The van der Waals surface area contributed by atoms with Gasteiger partial charge >= 0.3 is 0 Å². The first kappa shape index (κ1) is 17.0. The van der Waals surface area contributed by atoms with Crippen LogP contribution < -0.4 is 15.5 Å². The second kappa shape index (κ2) is 7.79. The molecule has 0 aliphatic heterocycles. The molecular weight excluding hydrogens is 304 g/mol. The summed E-state index contributed by atoms with van der Waals surface area (Å²) in [5, 5.41) is 15.7. The molecule has 0 unspecified atom stereocenters. The van der Waals surface area contributed by atoms with E-state index in [-0.39, 0.29) is 5.71 Å². The topological polar surface area (TPSA) is 86.5 Å². The third kappa shape index (κ3) is 4.34. The highest BCUT2D eigenvalue weighted by atomic mass is 16.5. The van der Waals surface area contributed by atoms with E-state index >= 15 is 0 Å². The van der Waals surface area contributed by atoms with E-state index < -0.39 is 5.91 Å². The minimum absolute atomic E-state index is 0.260. The first-order chi connectivity index (χ1) is 11.5. The van der Waals surface area contributed by atoms with Gasteiger partial charge in [0, 0.05) is 5.69 Å². The molecule has 2 aromatic rings. The van der Waals surface area contributed by atoms with Crippen LogP contribution in [0.5, 0.6) is 5.75 Å². The summed E-state index contributed by atoms with van der Waals surface area (Å²) in [5.74, 6) is 0.138. The Morgan fingerprint density at radius 2 is 1.75 bits per heavy atom. The van der Waals surface area contributed by atoms with E-state index in [1.165, 1.54) is 0 Å². The lowest BCUT2D eigenvalue weighted by Gasteiger charge is -2.07. The van der Waals surface area contributed by atoms with Crippen LogP contribution in [0, 0.1) is 25.2 Å². The number of nitrogens with zero attached hydrogens (tertiary/aromatic N) is 2. The van der Waals surface area contributed by atoms with Crippen LogP contribution in [0.3, 0.4) is 0 Å². The maximum Gasteiger partial charge on any atom is 0.287 e. The number of amides is 1. The van der Waals surface area contributed by atoms with Crippen molar-refractivity contribution in [3.05, 3.63) is 53.6 Å². The van der Waals surface area contributed by atoms with Gasteiger partial charge < -0.3 is 10.1 Å². The number of rotatable bonds is 5. The molecule has 6 heteroatoms. The number of hydrazone groups is 1. The molecule has 0 aromatic heterocycles. The molecule has 0 spiro atoms. The first-order valence-corrected chi connectivity index (χ1v) is 7.30. The standard InChI is InChI=1S/C18H18N4O2/c1-12-4-5-15(10-13(12)2)20-18(23)17(11-19)22-21-14-6-8-16(24-3)9-7-14/h4-10,21H,1-3H3,(H,20,23)/b22-17+. The number of carbonyl (C=O) groups is 1. The highest BCUT2D eigenvalue weighted by molar-refractivity contribution is 6.48. The van der Waals surface area contributed by atoms with Gasteiger partial charge in [-0.3, -0.25) is 10.2 Å². The van der Waals surface area contributed by atoms with Crippen molar-refractivity contribution in [3.8, 4) is 11.8 Å². The van der Waals surface area contributed by atoms with Crippen LogP contribution in [0.2, 0.25) is 0 Å². The van der Waals surface area contributed by atoms with E-state index in [0.29, 0.717) is 17.1 Å². The second-order valence-electron chi connectivity index (χ2n) is 5.17. The zero-order valence-corrected chi connectivity index (χ0v) is 13.8. The molecule has 2 N–H and O–H groups in total. The van der Waals surface area contributed by atoms with Gasteiger partial charge in [-0.15, -0.1) is 0 Å². The van der Waals surface area contributed by atoms with Crippen LogP contribution in [-0.4, -0.2) is 18.7 Å². The van der Waals surface area contributed by atoms with Gasteiger partial charge in [0.2, 0.25) is 5.71 Å².